The SMILES string of the molecule is COc1ccc(C(NC(=O)COc2cc(C)ccc2C)C(=O)O)cc1F. The van der Waals surface area contributed by atoms with E-state index in [0.29, 0.717) is 5.75 Å². The molecule has 2 rings (SSSR count). The van der Waals surface area contributed by atoms with Crippen LogP contribution in [-0.2, 0) is 9.59 Å². The fraction of sp³-hybridized carbons (Fsp3) is 0.263. The lowest BCUT2D eigenvalue weighted by atomic mass is 10.1. The second kappa shape index (κ2) is 8.33. The quantitative estimate of drug-likeness (QED) is 0.792. The standard InChI is InChI=1S/C19H20FNO5/c1-11-4-5-12(2)16(8-11)26-10-17(22)21-18(19(23)24)13-6-7-15(25-3)14(20)9-13/h4-9,18H,10H2,1-3H3,(H,21,22)(H,23,24). The number of methoxy groups -OCH3 is 1. The summed E-state index contributed by atoms with van der Waals surface area (Å²) in [5.41, 5.74) is 1.93. The van der Waals surface area contributed by atoms with Crippen LogP contribution in [0.4, 0.5) is 4.39 Å². The molecule has 0 radical (unpaired) electrons. The number of benzene rings is 2. The molecule has 1 unspecified atom stereocenters. The first-order valence-electron chi connectivity index (χ1n) is 7.87. The molecule has 1 atom stereocenters. The number of nitrogens with one attached hydrogen (secondary N) is 1. The monoisotopic (exact) mass is 361 g/mol. The summed E-state index contributed by atoms with van der Waals surface area (Å²) in [4.78, 5) is 23.6. The Bertz CT molecular complexity index is 822. The van der Waals surface area contributed by atoms with Crippen molar-refractivity contribution in [3.63, 3.8) is 0 Å². The number of aliphatic carboxylic acids is 1. The molecule has 6 nitrogen and oxygen atoms in total. The van der Waals surface area contributed by atoms with Crippen LogP contribution in [0.25, 0.3) is 0 Å². The molecule has 0 spiro atoms. The molecular weight excluding hydrogens is 341 g/mol. The molecule has 0 aromatic heterocycles. The third kappa shape index (κ3) is 4.72. The summed E-state index contributed by atoms with van der Waals surface area (Å²) in [5, 5.41) is 11.7. The van der Waals surface area contributed by atoms with Crippen molar-refractivity contribution in [3.8, 4) is 11.5 Å². The number of halogens is 1. The molecule has 0 bridgehead atoms. The number of amides is 1. The second-order valence-electron chi connectivity index (χ2n) is 5.79. The third-order valence-corrected chi connectivity index (χ3v) is 3.76. The average Bonchev–Trinajstić information content (AvgIpc) is 2.60. The van der Waals surface area contributed by atoms with Gasteiger partial charge in [0.1, 0.15) is 5.75 Å². The number of rotatable bonds is 7. The Morgan fingerprint density at radius 3 is 2.50 bits per heavy atom. The minimum absolute atomic E-state index is 0.0116. The topological polar surface area (TPSA) is 84.9 Å². The zero-order valence-corrected chi connectivity index (χ0v) is 14.7. The fourth-order valence-electron chi connectivity index (χ4n) is 2.36. The van der Waals surface area contributed by atoms with Crippen LogP contribution >= 0.6 is 0 Å². The smallest absolute Gasteiger partial charge is 0.330 e. The number of carbonyl (C=O) groups excluding carboxylic acids is 1. The minimum Gasteiger partial charge on any atom is -0.494 e. The number of hydrogen-bond acceptors (Lipinski definition) is 4. The van der Waals surface area contributed by atoms with Gasteiger partial charge in [0.05, 0.1) is 7.11 Å². The van der Waals surface area contributed by atoms with Gasteiger partial charge in [-0.05, 0) is 48.7 Å². The highest BCUT2D eigenvalue weighted by Gasteiger charge is 2.23. The van der Waals surface area contributed by atoms with Crippen LogP contribution in [0, 0.1) is 19.7 Å². The van der Waals surface area contributed by atoms with Crippen LogP contribution in [0.5, 0.6) is 11.5 Å². The zero-order chi connectivity index (χ0) is 19.3. The maximum absolute atomic E-state index is 13.8. The lowest BCUT2D eigenvalue weighted by molar-refractivity contribution is -0.142. The first kappa shape index (κ1) is 19.2. The molecule has 138 valence electrons. The van der Waals surface area contributed by atoms with Gasteiger partial charge >= 0.3 is 5.97 Å². The van der Waals surface area contributed by atoms with E-state index in [1.165, 1.54) is 19.2 Å². The molecule has 0 aliphatic carbocycles. The molecule has 2 aromatic carbocycles. The normalized spacial score (nSPS) is 11.5. The van der Waals surface area contributed by atoms with Crippen molar-refractivity contribution < 1.29 is 28.6 Å². The van der Waals surface area contributed by atoms with Gasteiger partial charge in [-0.3, -0.25) is 4.79 Å². The van der Waals surface area contributed by atoms with Crippen molar-refractivity contribution in [2.24, 2.45) is 0 Å². The Morgan fingerprint density at radius 1 is 1.15 bits per heavy atom. The molecule has 0 saturated carbocycles. The van der Waals surface area contributed by atoms with Crippen LogP contribution in [0.1, 0.15) is 22.7 Å². The van der Waals surface area contributed by atoms with E-state index >= 15 is 0 Å². The van der Waals surface area contributed by atoms with E-state index in [1.54, 1.807) is 6.07 Å². The van der Waals surface area contributed by atoms with Crippen molar-refractivity contribution in [1.82, 2.24) is 5.32 Å². The lowest BCUT2D eigenvalue weighted by Gasteiger charge is -2.16. The molecule has 26 heavy (non-hydrogen) atoms. The Kier molecular flexibility index (Phi) is 6.16. The van der Waals surface area contributed by atoms with Crippen molar-refractivity contribution >= 4 is 11.9 Å². The van der Waals surface area contributed by atoms with Gasteiger partial charge in [0.2, 0.25) is 0 Å². The largest absolute Gasteiger partial charge is 0.494 e. The summed E-state index contributed by atoms with van der Waals surface area (Å²) in [7, 11) is 1.30. The third-order valence-electron chi connectivity index (χ3n) is 3.76. The van der Waals surface area contributed by atoms with E-state index in [2.05, 4.69) is 5.32 Å². The van der Waals surface area contributed by atoms with Gasteiger partial charge in [0.15, 0.2) is 24.2 Å². The fourth-order valence-corrected chi connectivity index (χ4v) is 2.36. The molecule has 0 aliphatic heterocycles. The number of ether oxygens (including phenoxy) is 2. The predicted molar refractivity (Wildman–Crippen MR) is 92.9 cm³/mol. The van der Waals surface area contributed by atoms with Crippen LogP contribution in [0.15, 0.2) is 36.4 Å². The molecule has 0 aliphatic rings. The maximum Gasteiger partial charge on any atom is 0.330 e. The van der Waals surface area contributed by atoms with Gasteiger partial charge in [0.25, 0.3) is 5.91 Å². The highest BCUT2D eigenvalue weighted by atomic mass is 19.1. The van der Waals surface area contributed by atoms with Gasteiger partial charge in [-0.15, -0.1) is 0 Å². The van der Waals surface area contributed by atoms with Gasteiger partial charge in [-0.25, -0.2) is 9.18 Å². The molecule has 7 heteroatoms. The Balaban J connectivity index is 2.07. The number of carboxylic acid groups (broad SMARTS) is 1. The first-order valence-corrected chi connectivity index (χ1v) is 7.87. The van der Waals surface area contributed by atoms with E-state index < -0.39 is 23.7 Å². The van der Waals surface area contributed by atoms with E-state index in [0.717, 1.165) is 17.2 Å². The summed E-state index contributed by atoms with van der Waals surface area (Å²) in [6.07, 6.45) is 0. The summed E-state index contributed by atoms with van der Waals surface area (Å²) in [6, 6.07) is 7.87. The van der Waals surface area contributed by atoms with Crippen molar-refractivity contribution in [2.45, 2.75) is 19.9 Å². The van der Waals surface area contributed by atoms with E-state index in [4.69, 9.17) is 9.47 Å². The number of carbonyl (C=O) groups is 2. The predicted octanol–water partition coefficient (Wildman–Crippen LogP) is 2.77. The van der Waals surface area contributed by atoms with E-state index in [-0.39, 0.29) is 17.9 Å². The molecular formula is C19H20FNO5. The number of hydrogen-bond donors (Lipinski definition) is 2. The van der Waals surface area contributed by atoms with Gasteiger partial charge in [-0.1, -0.05) is 18.2 Å². The molecule has 0 fully saturated rings. The number of carboxylic acids is 1. The summed E-state index contributed by atoms with van der Waals surface area (Å²) >= 11 is 0. The minimum atomic E-state index is -1.40. The van der Waals surface area contributed by atoms with Gasteiger partial charge in [-0.2, -0.15) is 0 Å². The van der Waals surface area contributed by atoms with Gasteiger partial charge < -0.3 is 19.9 Å². The van der Waals surface area contributed by atoms with Crippen LogP contribution < -0.4 is 14.8 Å². The van der Waals surface area contributed by atoms with Crippen LogP contribution in [-0.4, -0.2) is 30.7 Å². The Labute approximate surface area is 150 Å². The summed E-state index contributed by atoms with van der Waals surface area (Å²) in [5.74, 6) is -2.12. The molecule has 2 N–H and O–H groups in total. The highest BCUT2D eigenvalue weighted by Crippen LogP contribution is 2.22. The Hall–Kier alpha value is -3.09. The van der Waals surface area contributed by atoms with E-state index in [1.807, 2.05) is 26.0 Å². The molecule has 1 amide bonds. The average molecular weight is 361 g/mol. The molecule has 0 heterocycles. The zero-order valence-electron chi connectivity index (χ0n) is 14.7. The number of aryl methyl sites for hydroxylation is 2. The molecule has 2 aromatic rings. The summed E-state index contributed by atoms with van der Waals surface area (Å²) < 4.78 is 24.1. The van der Waals surface area contributed by atoms with Crippen molar-refractivity contribution in [2.75, 3.05) is 13.7 Å². The van der Waals surface area contributed by atoms with Crippen LogP contribution in [0.3, 0.4) is 0 Å². The second-order valence-corrected chi connectivity index (χ2v) is 5.79. The summed E-state index contributed by atoms with van der Waals surface area (Å²) in [6.45, 7) is 3.38. The van der Waals surface area contributed by atoms with Crippen molar-refractivity contribution in [1.29, 1.82) is 0 Å². The first-order chi connectivity index (χ1) is 12.3. The van der Waals surface area contributed by atoms with Gasteiger partial charge in [0, 0.05) is 0 Å². The lowest BCUT2D eigenvalue weighted by Crippen LogP contribution is -2.36. The van der Waals surface area contributed by atoms with E-state index in [9.17, 15) is 19.1 Å². The molecule has 0 saturated heterocycles. The maximum atomic E-state index is 13.8. The Morgan fingerprint density at radius 2 is 1.88 bits per heavy atom. The van der Waals surface area contributed by atoms with Crippen LogP contribution in [0.2, 0.25) is 0 Å². The highest BCUT2D eigenvalue weighted by molar-refractivity contribution is 5.85. The van der Waals surface area contributed by atoms with Crippen molar-refractivity contribution in [3.05, 3.63) is 58.9 Å².